The van der Waals surface area contributed by atoms with E-state index in [0.29, 0.717) is 13.0 Å². The molecule has 1 aromatic carbocycles. The van der Waals surface area contributed by atoms with E-state index >= 15 is 0 Å². The van der Waals surface area contributed by atoms with Crippen LogP contribution >= 0.6 is 23.3 Å². The number of carbonyl (C=O) groups excluding carboxylic acids is 1. The van der Waals surface area contributed by atoms with Gasteiger partial charge in [-0.05, 0) is 12.1 Å². The molecule has 22 heavy (non-hydrogen) atoms. The highest BCUT2D eigenvalue weighted by Gasteiger charge is 2.06. The second-order valence-electron chi connectivity index (χ2n) is 4.35. The van der Waals surface area contributed by atoms with E-state index in [1.165, 1.54) is 11.9 Å². The number of rotatable bonds is 5. The smallest absolute Gasteiger partial charge is 0.325 e. The molecule has 3 aromatic rings. The predicted molar refractivity (Wildman–Crippen MR) is 87.7 cm³/mol. The van der Waals surface area contributed by atoms with Gasteiger partial charge in [0.1, 0.15) is 0 Å². The first-order valence-electron chi connectivity index (χ1n) is 6.62. The molecule has 0 aliphatic carbocycles. The molecule has 2 aromatic heterocycles. The minimum absolute atomic E-state index is 0.242. The normalized spacial score (nSPS) is 10.5. The zero-order valence-electron chi connectivity index (χ0n) is 11.5. The summed E-state index contributed by atoms with van der Waals surface area (Å²) in [5.74, 6) is 0. The molecule has 0 unspecified atom stereocenters. The van der Waals surface area contributed by atoms with Crippen LogP contribution in [0.25, 0.3) is 10.2 Å². The molecule has 0 atom stereocenters. The molecular weight excluding hydrogens is 318 g/mol. The van der Waals surface area contributed by atoms with Gasteiger partial charge in [0.25, 0.3) is 0 Å². The maximum absolute atomic E-state index is 11.7. The largest absolute Gasteiger partial charge is 0.337 e. The molecule has 0 saturated carbocycles. The van der Waals surface area contributed by atoms with E-state index in [0.717, 1.165) is 20.3 Å². The van der Waals surface area contributed by atoms with Crippen molar-refractivity contribution in [3.05, 3.63) is 48.5 Å². The molecule has 8 heteroatoms. The summed E-state index contributed by atoms with van der Waals surface area (Å²) >= 11 is 2.77. The third-order valence-electron chi connectivity index (χ3n) is 2.79. The third-order valence-corrected chi connectivity index (χ3v) is 4.67. The van der Waals surface area contributed by atoms with Gasteiger partial charge in [0.2, 0.25) is 0 Å². The van der Waals surface area contributed by atoms with Crippen LogP contribution in [0, 0.1) is 0 Å². The van der Waals surface area contributed by atoms with Crippen molar-refractivity contribution in [3.63, 3.8) is 0 Å². The summed E-state index contributed by atoms with van der Waals surface area (Å²) in [5, 5.41) is 2.77. The summed E-state index contributed by atoms with van der Waals surface area (Å²) in [4.78, 5) is 24.3. The van der Waals surface area contributed by atoms with Crippen molar-refractivity contribution in [2.24, 2.45) is 0 Å². The molecule has 2 amide bonds. The molecule has 0 saturated heterocycles. The first kappa shape index (κ1) is 14.7. The van der Waals surface area contributed by atoms with Gasteiger partial charge in [0.05, 0.1) is 15.9 Å². The van der Waals surface area contributed by atoms with E-state index < -0.39 is 0 Å². The Balaban J connectivity index is 1.44. The summed E-state index contributed by atoms with van der Waals surface area (Å²) in [6, 6.07) is 7.65. The molecule has 112 valence electrons. The van der Waals surface area contributed by atoms with Crippen LogP contribution in [-0.2, 0) is 6.42 Å². The van der Waals surface area contributed by atoms with E-state index in [1.54, 1.807) is 29.9 Å². The van der Waals surface area contributed by atoms with Gasteiger partial charge in [-0.25, -0.2) is 9.78 Å². The van der Waals surface area contributed by atoms with Crippen LogP contribution in [0.5, 0.6) is 0 Å². The number of nitrogens with zero attached hydrogens (tertiary/aromatic N) is 3. The Morgan fingerprint density at radius 3 is 3.00 bits per heavy atom. The van der Waals surface area contributed by atoms with Crippen molar-refractivity contribution in [3.8, 4) is 0 Å². The number of carbonyl (C=O) groups is 1. The Hall–Kier alpha value is -2.19. The standard InChI is InChI=1S/C14H13N5OS2/c20-13(17-6-5-10-9-15-7-8-16-10)19-22-14-18-11-3-1-2-4-12(11)21-14/h1-4,7-9H,5-6H2,(H2,17,19,20). The number of thiazole rings is 1. The van der Waals surface area contributed by atoms with Crippen LogP contribution in [0.15, 0.2) is 47.2 Å². The molecule has 2 N–H and O–H groups in total. The number of benzene rings is 1. The fourth-order valence-corrected chi connectivity index (χ4v) is 3.44. The molecule has 0 spiro atoms. The van der Waals surface area contributed by atoms with Gasteiger partial charge >= 0.3 is 6.03 Å². The fourth-order valence-electron chi connectivity index (χ4n) is 1.78. The second kappa shape index (κ2) is 7.19. The van der Waals surface area contributed by atoms with Crippen LogP contribution in [-0.4, -0.2) is 27.5 Å². The van der Waals surface area contributed by atoms with E-state index in [2.05, 4.69) is 25.0 Å². The van der Waals surface area contributed by atoms with Gasteiger partial charge in [-0.2, -0.15) is 0 Å². The number of para-hydroxylation sites is 1. The maximum Gasteiger partial charge on any atom is 0.325 e. The summed E-state index contributed by atoms with van der Waals surface area (Å²) in [7, 11) is 0. The Kier molecular flexibility index (Phi) is 4.81. The van der Waals surface area contributed by atoms with Crippen LogP contribution in [0.4, 0.5) is 4.79 Å². The van der Waals surface area contributed by atoms with Gasteiger partial charge in [-0.1, -0.05) is 12.1 Å². The molecule has 2 heterocycles. The van der Waals surface area contributed by atoms with Crippen LogP contribution in [0.1, 0.15) is 5.69 Å². The number of fused-ring (bicyclic) bond motifs is 1. The highest BCUT2D eigenvalue weighted by atomic mass is 32.2. The predicted octanol–water partition coefficient (Wildman–Crippen LogP) is 2.64. The van der Waals surface area contributed by atoms with Gasteiger partial charge in [-0.15, -0.1) is 11.3 Å². The van der Waals surface area contributed by atoms with Crippen LogP contribution in [0.2, 0.25) is 0 Å². The number of amides is 2. The zero-order valence-corrected chi connectivity index (χ0v) is 13.2. The summed E-state index contributed by atoms with van der Waals surface area (Å²) in [6.45, 7) is 0.505. The molecule has 0 aliphatic rings. The molecular formula is C14H13N5OS2. The minimum atomic E-state index is -0.242. The topological polar surface area (TPSA) is 79.8 Å². The number of hydrogen-bond donors (Lipinski definition) is 2. The Morgan fingerprint density at radius 1 is 1.27 bits per heavy atom. The fraction of sp³-hybridized carbons (Fsp3) is 0.143. The summed E-state index contributed by atoms with van der Waals surface area (Å²) in [5.41, 5.74) is 1.79. The number of urea groups is 1. The summed E-state index contributed by atoms with van der Waals surface area (Å²) in [6.07, 6.45) is 5.60. The Labute approximate surface area is 135 Å². The molecule has 0 aliphatic heterocycles. The zero-order chi connectivity index (χ0) is 15.2. The van der Waals surface area contributed by atoms with Crippen molar-refractivity contribution in [2.75, 3.05) is 6.54 Å². The monoisotopic (exact) mass is 331 g/mol. The lowest BCUT2D eigenvalue weighted by Gasteiger charge is -2.04. The van der Waals surface area contributed by atoms with Gasteiger partial charge in [0.15, 0.2) is 4.34 Å². The van der Waals surface area contributed by atoms with Crippen LogP contribution in [0.3, 0.4) is 0 Å². The maximum atomic E-state index is 11.7. The lowest BCUT2D eigenvalue weighted by atomic mass is 10.3. The van der Waals surface area contributed by atoms with E-state index in [4.69, 9.17) is 0 Å². The molecule has 0 fully saturated rings. The van der Waals surface area contributed by atoms with E-state index in [1.807, 2.05) is 24.3 Å². The first-order chi connectivity index (χ1) is 10.8. The lowest BCUT2D eigenvalue weighted by Crippen LogP contribution is -2.32. The Bertz CT molecular complexity index is 729. The summed E-state index contributed by atoms with van der Waals surface area (Å²) < 4.78 is 4.64. The highest BCUT2D eigenvalue weighted by Crippen LogP contribution is 2.27. The molecule has 0 bridgehead atoms. The second-order valence-corrected chi connectivity index (χ2v) is 6.44. The average Bonchev–Trinajstić information content (AvgIpc) is 2.97. The van der Waals surface area contributed by atoms with Crippen molar-refractivity contribution in [1.82, 2.24) is 25.0 Å². The number of hydrogen-bond acceptors (Lipinski definition) is 6. The average molecular weight is 331 g/mol. The van der Waals surface area contributed by atoms with Crippen LogP contribution < -0.4 is 10.0 Å². The van der Waals surface area contributed by atoms with E-state index in [9.17, 15) is 4.79 Å². The number of nitrogens with one attached hydrogen (secondary N) is 2. The molecule has 3 rings (SSSR count). The van der Waals surface area contributed by atoms with Gasteiger partial charge in [0, 0.05) is 43.5 Å². The molecule has 6 nitrogen and oxygen atoms in total. The Morgan fingerprint density at radius 2 is 2.18 bits per heavy atom. The SMILES string of the molecule is O=C(NCCc1cnccn1)NSc1nc2ccccc2s1. The minimum Gasteiger partial charge on any atom is -0.337 e. The third kappa shape index (κ3) is 3.92. The van der Waals surface area contributed by atoms with Gasteiger partial charge in [-0.3, -0.25) is 14.7 Å². The van der Waals surface area contributed by atoms with Crippen molar-refractivity contribution in [1.29, 1.82) is 0 Å². The van der Waals surface area contributed by atoms with Crippen molar-refractivity contribution in [2.45, 2.75) is 10.8 Å². The first-order valence-corrected chi connectivity index (χ1v) is 8.26. The lowest BCUT2D eigenvalue weighted by molar-refractivity contribution is 0.246. The highest BCUT2D eigenvalue weighted by molar-refractivity contribution is 7.99. The van der Waals surface area contributed by atoms with Crippen molar-refractivity contribution < 1.29 is 4.79 Å². The number of aromatic nitrogens is 3. The quantitative estimate of drug-likeness (QED) is 0.703. The van der Waals surface area contributed by atoms with Gasteiger partial charge < -0.3 is 5.32 Å². The van der Waals surface area contributed by atoms with Crippen molar-refractivity contribution >= 4 is 39.5 Å². The van der Waals surface area contributed by atoms with E-state index in [-0.39, 0.29) is 6.03 Å². The molecule has 0 radical (unpaired) electrons.